The van der Waals surface area contributed by atoms with Crippen LogP contribution in [0.4, 0.5) is 0 Å². The Balaban J connectivity index is 1.74. The molecule has 92 valence electrons. The lowest BCUT2D eigenvalue weighted by Gasteiger charge is -2.09. The van der Waals surface area contributed by atoms with Gasteiger partial charge >= 0.3 is 0 Å². The molecule has 2 fully saturated rings. The molecule has 1 heterocycles. The predicted octanol–water partition coefficient (Wildman–Crippen LogP) is 2.55. The molecule has 3 rings (SSSR count). The van der Waals surface area contributed by atoms with E-state index in [1.165, 1.54) is 30.5 Å². The van der Waals surface area contributed by atoms with Crippen LogP contribution in [0.3, 0.4) is 0 Å². The lowest BCUT2D eigenvalue weighted by atomic mass is 10.1. The quantitative estimate of drug-likeness (QED) is 0.865. The second-order valence-corrected chi connectivity index (χ2v) is 6.26. The zero-order valence-electron chi connectivity index (χ0n) is 11.0. The summed E-state index contributed by atoms with van der Waals surface area (Å²) in [5, 5.41) is 3.53. The second kappa shape index (κ2) is 3.77. The van der Waals surface area contributed by atoms with Gasteiger partial charge in [0.25, 0.3) is 0 Å². The first-order chi connectivity index (χ1) is 8.06. The van der Waals surface area contributed by atoms with Crippen LogP contribution in [0.25, 0.3) is 0 Å². The van der Waals surface area contributed by atoms with Gasteiger partial charge in [0.15, 0.2) is 0 Å². The van der Waals surface area contributed by atoms with Gasteiger partial charge in [0.1, 0.15) is 5.82 Å². The van der Waals surface area contributed by atoms with Crippen molar-refractivity contribution in [3.8, 4) is 0 Å². The van der Waals surface area contributed by atoms with E-state index in [0.717, 1.165) is 18.4 Å². The lowest BCUT2D eigenvalue weighted by Crippen LogP contribution is -2.18. The number of aromatic nitrogens is 2. The molecule has 2 saturated carbocycles. The van der Waals surface area contributed by atoms with Crippen LogP contribution in [0.1, 0.15) is 56.1 Å². The molecule has 17 heavy (non-hydrogen) atoms. The van der Waals surface area contributed by atoms with Crippen LogP contribution in [0.5, 0.6) is 0 Å². The topological polar surface area (TPSA) is 37.8 Å². The fourth-order valence-electron chi connectivity index (χ4n) is 2.28. The minimum Gasteiger partial charge on any atom is -0.308 e. The van der Waals surface area contributed by atoms with E-state index in [0.29, 0.717) is 11.3 Å². The smallest absolute Gasteiger partial charge is 0.132 e. The number of hydrogen-bond acceptors (Lipinski definition) is 3. The highest BCUT2D eigenvalue weighted by atomic mass is 15.0. The van der Waals surface area contributed by atoms with Gasteiger partial charge in [0.05, 0.1) is 5.69 Å². The summed E-state index contributed by atoms with van der Waals surface area (Å²) in [4.78, 5) is 9.26. The second-order valence-electron chi connectivity index (χ2n) is 6.26. The van der Waals surface area contributed by atoms with Gasteiger partial charge in [-0.1, -0.05) is 13.8 Å². The third-order valence-corrected chi connectivity index (χ3v) is 4.06. The standard InChI is InChI=1S/C14H21N3/c1-9-7-16-13(11-6-14(11,2)3)17-12(9)8-15-10-4-5-10/h7,10-11,15H,4-6,8H2,1-3H3. The van der Waals surface area contributed by atoms with Crippen molar-refractivity contribution >= 4 is 0 Å². The summed E-state index contributed by atoms with van der Waals surface area (Å²) in [6, 6.07) is 0.741. The molecular weight excluding hydrogens is 210 g/mol. The van der Waals surface area contributed by atoms with Crippen LogP contribution in [0, 0.1) is 12.3 Å². The minimum absolute atomic E-state index is 0.413. The normalized spacial score (nSPS) is 25.9. The van der Waals surface area contributed by atoms with Crippen molar-refractivity contribution in [1.82, 2.24) is 15.3 Å². The molecule has 0 amide bonds. The van der Waals surface area contributed by atoms with Crippen molar-refractivity contribution < 1.29 is 0 Å². The molecule has 3 nitrogen and oxygen atoms in total. The predicted molar refractivity (Wildman–Crippen MR) is 67.8 cm³/mol. The molecular formula is C14H21N3. The molecule has 1 aromatic heterocycles. The molecule has 0 bridgehead atoms. The molecule has 0 radical (unpaired) electrons. The first-order valence-corrected chi connectivity index (χ1v) is 6.62. The van der Waals surface area contributed by atoms with Gasteiger partial charge in [-0.3, -0.25) is 0 Å². The van der Waals surface area contributed by atoms with Crippen molar-refractivity contribution in [3.63, 3.8) is 0 Å². The van der Waals surface area contributed by atoms with E-state index < -0.39 is 0 Å². The summed E-state index contributed by atoms with van der Waals surface area (Å²) in [5.74, 6) is 1.62. The maximum atomic E-state index is 4.76. The van der Waals surface area contributed by atoms with E-state index >= 15 is 0 Å². The van der Waals surface area contributed by atoms with Gasteiger partial charge < -0.3 is 5.32 Å². The summed E-state index contributed by atoms with van der Waals surface area (Å²) >= 11 is 0. The largest absolute Gasteiger partial charge is 0.308 e. The summed E-state index contributed by atoms with van der Waals surface area (Å²) in [6.07, 6.45) is 5.87. The summed E-state index contributed by atoms with van der Waals surface area (Å²) in [5.41, 5.74) is 2.81. The van der Waals surface area contributed by atoms with Gasteiger partial charge in [-0.2, -0.15) is 0 Å². The molecule has 2 aliphatic rings. The van der Waals surface area contributed by atoms with E-state index in [-0.39, 0.29) is 0 Å². The van der Waals surface area contributed by atoms with Gasteiger partial charge in [-0.05, 0) is 37.2 Å². The van der Waals surface area contributed by atoms with Crippen molar-refractivity contribution in [2.24, 2.45) is 5.41 Å². The average Bonchev–Trinajstić information content (AvgIpc) is 3.16. The highest BCUT2D eigenvalue weighted by molar-refractivity contribution is 5.22. The first-order valence-electron chi connectivity index (χ1n) is 6.62. The summed E-state index contributed by atoms with van der Waals surface area (Å²) in [6.45, 7) is 7.59. The van der Waals surface area contributed by atoms with E-state index in [4.69, 9.17) is 4.98 Å². The molecule has 3 heteroatoms. The Kier molecular flexibility index (Phi) is 2.47. The lowest BCUT2D eigenvalue weighted by molar-refractivity contribution is 0.601. The van der Waals surface area contributed by atoms with E-state index in [1.54, 1.807) is 0 Å². The number of rotatable bonds is 4. The van der Waals surface area contributed by atoms with Crippen LogP contribution < -0.4 is 5.32 Å². The molecule has 1 unspecified atom stereocenters. The highest BCUT2D eigenvalue weighted by Crippen LogP contribution is 2.57. The highest BCUT2D eigenvalue weighted by Gasteiger charge is 2.48. The Morgan fingerprint density at radius 2 is 2.12 bits per heavy atom. The molecule has 0 spiro atoms. The van der Waals surface area contributed by atoms with Crippen LogP contribution in [0.2, 0.25) is 0 Å². The average molecular weight is 231 g/mol. The van der Waals surface area contributed by atoms with Gasteiger partial charge in [-0.25, -0.2) is 9.97 Å². The van der Waals surface area contributed by atoms with Crippen LogP contribution in [-0.2, 0) is 6.54 Å². The van der Waals surface area contributed by atoms with Crippen molar-refractivity contribution in [1.29, 1.82) is 0 Å². The van der Waals surface area contributed by atoms with Crippen molar-refractivity contribution in [3.05, 3.63) is 23.3 Å². The van der Waals surface area contributed by atoms with Gasteiger partial charge in [0.2, 0.25) is 0 Å². The zero-order valence-corrected chi connectivity index (χ0v) is 11.0. The number of nitrogens with zero attached hydrogens (tertiary/aromatic N) is 2. The van der Waals surface area contributed by atoms with Gasteiger partial charge in [-0.15, -0.1) is 0 Å². The Bertz CT molecular complexity index is 435. The van der Waals surface area contributed by atoms with Crippen molar-refractivity contribution in [2.45, 2.75) is 58.5 Å². The van der Waals surface area contributed by atoms with E-state index in [2.05, 4.69) is 31.1 Å². The Labute approximate surface area is 103 Å². The minimum atomic E-state index is 0.413. The Morgan fingerprint density at radius 1 is 1.41 bits per heavy atom. The fourth-order valence-corrected chi connectivity index (χ4v) is 2.28. The van der Waals surface area contributed by atoms with E-state index in [9.17, 15) is 0 Å². The third-order valence-electron chi connectivity index (χ3n) is 4.06. The summed E-state index contributed by atoms with van der Waals surface area (Å²) < 4.78 is 0. The first kappa shape index (κ1) is 11.1. The number of aryl methyl sites for hydroxylation is 1. The number of hydrogen-bond donors (Lipinski definition) is 1. The monoisotopic (exact) mass is 231 g/mol. The summed E-state index contributed by atoms with van der Waals surface area (Å²) in [7, 11) is 0. The Hall–Kier alpha value is -0.960. The SMILES string of the molecule is Cc1cnc(C2CC2(C)C)nc1CNC1CC1. The molecule has 0 aliphatic heterocycles. The van der Waals surface area contributed by atoms with E-state index in [1.807, 2.05) is 6.20 Å². The Morgan fingerprint density at radius 3 is 2.71 bits per heavy atom. The molecule has 2 aliphatic carbocycles. The molecule has 0 aromatic carbocycles. The molecule has 1 atom stereocenters. The number of nitrogens with one attached hydrogen (secondary N) is 1. The van der Waals surface area contributed by atoms with Gasteiger partial charge in [0, 0.05) is 24.7 Å². The maximum Gasteiger partial charge on any atom is 0.132 e. The maximum absolute atomic E-state index is 4.76. The van der Waals surface area contributed by atoms with Crippen LogP contribution in [0.15, 0.2) is 6.20 Å². The molecule has 1 N–H and O–H groups in total. The fraction of sp³-hybridized carbons (Fsp3) is 0.714. The van der Waals surface area contributed by atoms with Crippen LogP contribution >= 0.6 is 0 Å². The third kappa shape index (κ3) is 2.34. The molecule has 1 aromatic rings. The van der Waals surface area contributed by atoms with Crippen molar-refractivity contribution in [2.75, 3.05) is 0 Å². The molecule has 0 saturated heterocycles. The zero-order chi connectivity index (χ0) is 12.0. The van der Waals surface area contributed by atoms with Crippen LogP contribution in [-0.4, -0.2) is 16.0 Å².